The number of benzene rings is 2. The van der Waals surface area contributed by atoms with Crippen molar-refractivity contribution in [2.24, 2.45) is 0 Å². The third-order valence-corrected chi connectivity index (χ3v) is 15.7. The van der Waals surface area contributed by atoms with Gasteiger partial charge in [0.25, 0.3) is 0 Å². The van der Waals surface area contributed by atoms with Crippen LogP contribution in [0.4, 0.5) is 21.0 Å². The quantitative estimate of drug-likeness (QED) is 0.0543. The number of hydrogen-bond donors (Lipinski definition) is 1. The molecule has 0 spiro atoms. The van der Waals surface area contributed by atoms with Crippen LogP contribution in [-0.2, 0) is 29.9 Å². The molecule has 0 bridgehead atoms. The van der Waals surface area contributed by atoms with Crippen molar-refractivity contribution in [1.82, 2.24) is 37.2 Å². The molecule has 22 nitrogen and oxygen atoms in total. The first-order valence-electron chi connectivity index (χ1n) is 26.2. The highest BCUT2D eigenvalue weighted by Gasteiger charge is 2.38. The highest BCUT2D eigenvalue weighted by atomic mass is 35.5. The van der Waals surface area contributed by atoms with Gasteiger partial charge in [-0.1, -0.05) is 53.6 Å². The van der Waals surface area contributed by atoms with Crippen LogP contribution in [0.3, 0.4) is 0 Å². The maximum absolute atomic E-state index is 13.6. The number of rotatable bonds is 23. The summed E-state index contributed by atoms with van der Waals surface area (Å²) in [6.45, 7) is 22.9. The van der Waals surface area contributed by atoms with Crippen LogP contribution >= 0.6 is 23.2 Å². The molecule has 6 rings (SSSR count). The molecule has 26 heteroatoms. The fourth-order valence-corrected chi connectivity index (χ4v) is 10.9. The van der Waals surface area contributed by atoms with Crippen LogP contribution < -0.4 is 35.1 Å². The molecule has 0 aliphatic carbocycles. The summed E-state index contributed by atoms with van der Waals surface area (Å²) in [7, 11) is -8.28. The molecule has 2 aromatic heterocycles. The average Bonchev–Trinajstić information content (AvgIpc) is 3.52. The monoisotopic (exact) mass is 1190 g/mol. The minimum atomic E-state index is -4.18. The van der Waals surface area contributed by atoms with E-state index in [4.69, 9.17) is 42.1 Å². The number of piperazine rings is 2. The van der Waals surface area contributed by atoms with Crippen molar-refractivity contribution in [3.63, 3.8) is 0 Å². The Hall–Kier alpha value is -6.44. The fourth-order valence-electron chi connectivity index (χ4n) is 8.05. The second-order valence-electron chi connectivity index (χ2n) is 20.4. The smallest absolute Gasteiger partial charge is 0.425 e. The largest absolute Gasteiger partial charge is 0.486 e. The Morgan fingerprint density at radius 1 is 0.637 bits per heavy atom. The third-order valence-electron chi connectivity index (χ3n) is 11.9. The molecule has 0 radical (unpaired) electrons. The number of amides is 2. The summed E-state index contributed by atoms with van der Waals surface area (Å²) in [4.78, 5) is 55.6. The number of unbranched alkanes of at least 4 members (excludes halogenated alkanes) is 4. The number of halogens is 2. The van der Waals surface area contributed by atoms with Crippen molar-refractivity contribution in [2.45, 2.75) is 97.7 Å². The lowest BCUT2D eigenvalue weighted by Gasteiger charge is -2.38. The molecule has 0 unspecified atom stereocenters. The lowest BCUT2D eigenvalue weighted by Crippen LogP contribution is -2.55. The van der Waals surface area contributed by atoms with Crippen molar-refractivity contribution < 1.29 is 45.4 Å². The van der Waals surface area contributed by atoms with Crippen LogP contribution in [0.2, 0.25) is 10.0 Å². The second kappa shape index (κ2) is 29.3. The van der Waals surface area contributed by atoms with E-state index < -0.39 is 54.9 Å². The zero-order chi connectivity index (χ0) is 58.8. The SMILES string of the molecule is C=CCCCCOc1c(N2CCN(S(=O)(=O)N(CCC=C)C(=O)OC(C)(C)C)CC2)cnn(-c2cccc(Cl)c2)c1=O.C=CCCCCOc1c(N2CCN(S(=O)(=O)NC(=O)OC(C)(C)C)CC2)cnn(-c2cccc(Cl)c2)c1=O. The summed E-state index contributed by atoms with van der Waals surface area (Å²) in [6, 6.07) is 13.6. The van der Waals surface area contributed by atoms with Crippen LogP contribution in [0.5, 0.6) is 11.5 Å². The summed E-state index contributed by atoms with van der Waals surface area (Å²) in [6.07, 6.45) is 11.4. The number of hydrogen-bond acceptors (Lipinski definition) is 16. The Morgan fingerprint density at radius 3 is 1.46 bits per heavy atom. The Balaban J connectivity index is 0.000000295. The van der Waals surface area contributed by atoms with Gasteiger partial charge in [-0.15, -0.1) is 19.7 Å². The lowest BCUT2D eigenvalue weighted by molar-refractivity contribution is 0.0382. The van der Waals surface area contributed by atoms with Crippen molar-refractivity contribution in [3.8, 4) is 22.9 Å². The highest BCUT2D eigenvalue weighted by Crippen LogP contribution is 2.29. The van der Waals surface area contributed by atoms with E-state index in [1.807, 2.05) is 26.7 Å². The maximum Gasteiger partial charge on any atom is 0.425 e. The van der Waals surface area contributed by atoms with Gasteiger partial charge >= 0.3 is 43.7 Å². The molecule has 2 aromatic carbocycles. The van der Waals surface area contributed by atoms with Gasteiger partial charge in [0, 0.05) is 68.9 Å². The Morgan fingerprint density at radius 2 is 1.06 bits per heavy atom. The Kier molecular flexibility index (Phi) is 23.6. The van der Waals surface area contributed by atoms with Gasteiger partial charge < -0.3 is 28.7 Å². The van der Waals surface area contributed by atoms with Gasteiger partial charge in [-0.25, -0.2) is 14.3 Å². The summed E-state index contributed by atoms with van der Waals surface area (Å²) in [5, 5.41) is 9.62. The van der Waals surface area contributed by atoms with E-state index in [-0.39, 0.29) is 76.8 Å². The summed E-state index contributed by atoms with van der Waals surface area (Å²) in [5.41, 5.74) is -0.674. The van der Waals surface area contributed by atoms with Crippen LogP contribution in [-0.4, -0.2) is 145 Å². The van der Waals surface area contributed by atoms with Crippen LogP contribution in [0, 0.1) is 0 Å². The van der Waals surface area contributed by atoms with Gasteiger partial charge in [-0.2, -0.15) is 49.3 Å². The minimum absolute atomic E-state index is 0.0753. The number of ether oxygens (including phenoxy) is 4. The van der Waals surface area contributed by atoms with E-state index in [0.717, 1.165) is 47.1 Å². The molecule has 4 heterocycles. The summed E-state index contributed by atoms with van der Waals surface area (Å²) < 4.78 is 82.4. The molecule has 4 aromatic rings. The standard InChI is InChI=1S/C29H40ClN5O6S.C25H34ClN5O6S/c1-6-8-10-11-20-40-26-25(22-31-35(27(26)36)24-14-12-13-23(30)21-24)32-16-18-33(19-17-32)42(38,39)34(15-9-7-2)28(37)41-29(3,4)5;1-5-6-7-8-16-36-22-21(18-27-31(23(22)32)20-11-9-10-19(26)17-20)29-12-14-30(15-13-29)38(34,35)28-24(33)37-25(2,3)4/h6-7,12-14,21-22H,1-2,8-11,15-20H2,3-5H3;5,9-11,17-18H,1,6-8,12-16H2,2-4H3,(H,28,33). The molecule has 2 fully saturated rings. The predicted octanol–water partition coefficient (Wildman–Crippen LogP) is 8.31. The van der Waals surface area contributed by atoms with Crippen molar-refractivity contribution in [1.29, 1.82) is 0 Å². The van der Waals surface area contributed by atoms with E-state index in [1.54, 1.807) is 102 Å². The number of carbonyl (C=O) groups is 2. The zero-order valence-electron chi connectivity index (χ0n) is 46.4. The maximum atomic E-state index is 13.6. The number of anilines is 2. The van der Waals surface area contributed by atoms with Gasteiger partial charge in [0.05, 0.1) is 37.0 Å². The molecule has 2 saturated heterocycles. The third kappa shape index (κ3) is 18.6. The lowest BCUT2D eigenvalue weighted by atomic mass is 10.2. The Labute approximate surface area is 479 Å². The van der Waals surface area contributed by atoms with Gasteiger partial charge in [-0.05, 0) is 123 Å². The second-order valence-corrected chi connectivity index (χ2v) is 24.8. The van der Waals surface area contributed by atoms with Crippen molar-refractivity contribution in [3.05, 3.63) is 130 Å². The predicted molar refractivity (Wildman–Crippen MR) is 311 cm³/mol. The molecule has 2 amide bonds. The van der Waals surface area contributed by atoms with Gasteiger partial charge in [0.15, 0.2) is 0 Å². The van der Waals surface area contributed by atoms with E-state index in [0.29, 0.717) is 46.0 Å². The normalized spacial score (nSPS) is 14.5. The molecular formula is C54H74Cl2N10O12S2. The van der Waals surface area contributed by atoms with Crippen LogP contribution in [0.1, 0.15) is 86.5 Å². The first-order valence-corrected chi connectivity index (χ1v) is 29.8. The molecule has 2 aliphatic heterocycles. The van der Waals surface area contributed by atoms with E-state index in [2.05, 4.69) is 29.9 Å². The average molecular weight is 1190 g/mol. The fraction of sp³-hybridized carbons (Fsp3) is 0.481. The highest BCUT2D eigenvalue weighted by molar-refractivity contribution is 7.87. The van der Waals surface area contributed by atoms with Gasteiger partial charge in [0.1, 0.15) is 22.6 Å². The van der Waals surface area contributed by atoms with E-state index >= 15 is 0 Å². The molecule has 1 N–H and O–H groups in total. The number of nitrogens with one attached hydrogen (secondary N) is 1. The summed E-state index contributed by atoms with van der Waals surface area (Å²) in [5.74, 6) is 0.253. The first-order chi connectivity index (χ1) is 37.8. The minimum Gasteiger partial charge on any atom is -0.486 e. The molecule has 0 saturated carbocycles. The number of allylic oxidation sites excluding steroid dienone is 2. The van der Waals surface area contributed by atoms with Gasteiger partial charge in [0.2, 0.25) is 11.5 Å². The van der Waals surface area contributed by atoms with Crippen molar-refractivity contribution >= 4 is 67.2 Å². The van der Waals surface area contributed by atoms with Crippen molar-refractivity contribution in [2.75, 3.05) is 81.9 Å². The molecular weight excluding hydrogens is 1120 g/mol. The van der Waals surface area contributed by atoms with Crippen LogP contribution in [0.15, 0.2) is 108 Å². The number of nitrogens with zero attached hydrogens (tertiary/aromatic N) is 9. The Bertz CT molecular complexity index is 3130. The van der Waals surface area contributed by atoms with E-state index in [1.165, 1.54) is 19.9 Å². The number of carbonyl (C=O) groups excluding carboxylic acids is 2. The molecule has 80 heavy (non-hydrogen) atoms. The topological polar surface area (TPSA) is 237 Å². The van der Waals surface area contributed by atoms with Gasteiger partial charge in [-0.3, -0.25) is 9.59 Å². The number of aromatic nitrogens is 4. The summed E-state index contributed by atoms with van der Waals surface area (Å²) >= 11 is 12.2. The van der Waals surface area contributed by atoms with E-state index in [9.17, 15) is 36.0 Å². The first kappa shape index (κ1) is 64.4. The molecule has 438 valence electrons. The van der Waals surface area contributed by atoms with Crippen LogP contribution in [0.25, 0.3) is 11.4 Å². The molecule has 0 atom stereocenters. The zero-order valence-corrected chi connectivity index (χ0v) is 49.5. The molecule has 2 aliphatic rings.